The van der Waals surface area contributed by atoms with E-state index in [9.17, 15) is 10.1 Å². The minimum absolute atomic E-state index is 0.0605. The van der Waals surface area contributed by atoms with E-state index in [0.29, 0.717) is 11.3 Å². The van der Waals surface area contributed by atoms with Crippen LogP contribution in [-0.2, 0) is 0 Å². The second-order valence-electron chi connectivity index (χ2n) is 2.90. The molecule has 1 aromatic heterocycles. The zero-order chi connectivity index (χ0) is 10.8. The van der Waals surface area contributed by atoms with Crippen LogP contribution in [0.4, 0.5) is 5.69 Å². The number of nitro benzene ring substituents is 1. The van der Waals surface area contributed by atoms with Crippen molar-refractivity contribution < 1.29 is 9.34 Å². The summed E-state index contributed by atoms with van der Waals surface area (Å²) in [6, 6.07) is 8.33. The van der Waals surface area contributed by atoms with Gasteiger partial charge in [0.2, 0.25) is 0 Å². The highest BCUT2D eigenvalue weighted by atomic mass is 127. The zero-order valence-corrected chi connectivity index (χ0v) is 9.67. The topological polar surface area (TPSA) is 56.3 Å². The average Bonchev–Trinajstić information content (AvgIpc) is 2.69. The van der Waals surface area contributed by atoms with Crippen LogP contribution in [0.2, 0.25) is 0 Å². The second kappa shape index (κ2) is 4.01. The molecule has 0 fully saturated rings. The van der Waals surface area contributed by atoms with Crippen LogP contribution < -0.4 is 0 Å². The molecule has 2 aromatic rings. The van der Waals surface area contributed by atoms with E-state index in [-0.39, 0.29) is 5.69 Å². The van der Waals surface area contributed by atoms with Gasteiger partial charge >= 0.3 is 0 Å². The van der Waals surface area contributed by atoms with E-state index in [1.54, 1.807) is 24.3 Å². The van der Waals surface area contributed by atoms with Gasteiger partial charge in [0.15, 0.2) is 0 Å². The number of hydrogen-bond acceptors (Lipinski definition) is 3. The highest BCUT2D eigenvalue weighted by Gasteiger charge is 2.16. The van der Waals surface area contributed by atoms with Gasteiger partial charge in [-0.1, -0.05) is 0 Å². The van der Waals surface area contributed by atoms with E-state index in [4.69, 9.17) is 4.42 Å². The molecule has 0 unspecified atom stereocenters. The number of halogens is 1. The van der Waals surface area contributed by atoms with Crippen molar-refractivity contribution >= 4 is 28.3 Å². The molecular formula is C10H6INO3. The molecule has 0 N–H and O–H groups in total. The van der Waals surface area contributed by atoms with Crippen molar-refractivity contribution in [1.82, 2.24) is 0 Å². The Balaban J connectivity index is 2.63. The Bertz CT molecular complexity index is 493. The molecule has 0 aliphatic carbocycles. The summed E-state index contributed by atoms with van der Waals surface area (Å²) in [5.74, 6) is 0.514. The number of rotatable bonds is 2. The molecule has 0 spiro atoms. The summed E-state index contributed by atoms with van der Waals surface area (Å²) < 4.78 is 6.09. The van der Waals surface area contributed by atoms with Gasteiger partial charge in [0.25, 0.3) is 5.69 Å². The summed E-state index contributed by atoms with van der Waals surface area (Å²) in [7, 11) is 0. The zero-order valence-electron chi connectivity index (χ0n) is 7.51. The van der Waals surface area contributed by atoms with Gasteiger partial charge in [-0.2, -0.15) is 0 Å². The lowest BCUT2D eigenvalue weighted by molar-refractivity contribution is -0.384. The first-order valence-electron chi connectivity index (χ1n) is 4.16. The average molecular weight is 315 g/mol. The van der Waals surface area contributed by atoms with E-state index >= 15 is 0 Å². The Morgan fingerprint density at radius 3 is 2.73 bits per heavy atom. The minimum Gasteiger partial charge on any atom is -0.464 e. The lowest BCUT2D eigenvalue weighted by Crippen LogP contribution is -1.91. The number of hydrogen-bond donors (Lipinski definition) is 0. The van der Waals surface area contributed by atoms with Crippen molar-refractivity contribution in [2.75, 3.05) is 0 Å². The highest BCUT2D eigenvalue weighted by molar-refractivity contribution is 14.1. The molecule has 0 aliphatic rings. The van der Waals surface area contributed by atoms with Crippen LogP contribution in [0.25, 0.3) is 11.3 Å². The fraction of sp³-hybridized carbons (Fsp3) is 0. The van der Waals surface area contributed by atoms with Gasteiger partial charge in [0.05, 0.1) is 16.7 Å². The van der Waals surface area contributed by atoms with Gasteiger partial charge < -0.3 is 4.42 Å². The minimum atomic E-state index is -0.409. The highest BCUT2D eigenvalue weighted by Crippen LogP contribution is 2.31. The maximum absolute atomic E-state index is 10.8. The molecule has 0 saturated heterocycles. The van der Waals surface area contributed by atoms with Crippen molar-refractivity contribution in [3.63, 3.8) is 0 Å². The number of nitrogens with zero attached hydrogens (tertiary/aromatic N) is 1. The third-order valence-electron chi connectivity index (χ3n) is 1.94. The van der Waals surface area contributed by atoms with Crippen LogP contribution in [0, 0.1) is 13.7 Å². The Morgan fingerprint density at radius 2 is 2.13 bits per heavy atom. The molecule has 0 radical (unpaired) electrons. The van der Waals surface area contributed by atoms with Gasteiger partial charge in [-0.3, -0.25) is 10.1 Å². The third kappa shape index (κ3) is 2.01. The summed E-state index contributed by atoms with van der Waals surface area (Å²) in [5.41, 5.74) is 0.572. The summed E-state index contributed by atoms with van der Waals surface area (Å²) in [5, 5.41) is 10.8. The third-order valence-corrected chi connectivity index (χ3v) is 2.61. The summed E-state index contributed by atoms with van der Waals surface area (Å²) in [4.78, 5) is 10.4. The molecule has 0 saturated carbocycles. The standard InChI is InChI=1S/C10H6INO3/c11-7-3-4-9(12(13)14)8(6-7)10-2-1-5-15-10/h1-6H. The number of nitro groups is 1. The Hall–Kier alpha value is -1.37. The molecular weight excluding hydrogens is 309 g/mol. The molecule has 2 rings (SSSR count). The Labute approximate surface area is 99.2 Å². The first kappa shape index (κ1) is 10.2. The smallest absolute Gasteiger partial charge is 0.280 e. The van der Waals surface area contributed by atoms with Crippen LogP contribution in [0.3, 0.4) is 0 Å². The predicted octanol–water partition coefficient (Wildman–Crippen LogP) is 3.46. The maximum atomic E-state index is 10.8. The van der Waals surface area contributed by atoms with Crippen molar-refractivity contribution in [3.05, 3.63) is 50.3 Å². The van der Waals surface area contributed by atoms with Crippen LogP contribution in [-0.4, -0.2) is 4.92 Å². The fourth-order valence-corrected chi connectivity index (χ4v) is 1.79. The maximum Gasteiger partial charge on any atom is 0.280 e. The second-order valence-corrected chi connectivity index (χ2v) is 4.14. The van der Waals surface area contributed by atoms with Crippen LogP contribution in [0.15, 0.2) is 41.0 Å². The van der Waals surface area contributed by atoms with Crippen molar-refractivity contribution in [3.8, 4) is 11.3 Å². The first-order valence-corrected chi connectivity index (χ1v) is 5.24. The Kier molecular flexibility index (Phi) is 2.72. The molecule has 0 atom stereocenters. The van der Waals surface area contributed by atoms with Crippen molar-refractivity contribution in [1.29, 1.82) is 0 Å². The summed E-state index contributed by atoms with van der Waals surface area (Å²) in [6.07, 6.45) is 1.50. The SMILES string of the molecule is O=[N+]([O-])c1ccc(I)cc1-c1ccco1. The van der Waals surface area contributed by atoms with Crippen LogP contribution in [0.1, 0.15) is 0 Å². The van der Waals surface area contributed by atoms with Crippen LogP contribution in [0.5, 0.6) is 0 Å². The number of benzene rings is 1. The lowest BCUT2D eigenvalue weighted by Gasteiger charge is -1.99. The van der Waals surface area contributed by atoms with Gasteiger partial charge in [-0.05, 0) is 46.9 Å². The molecule has 0 amide bonds. The lowest BCUT2D eigenvalue weighted by atomic mass is 10.1. The van der Waals surface area contributed by atoms with Crippen LogP contribution >= 0.6 is 22.6 Å². The molecule has 0 aliphatic heterocycles. The summed E-state index contributed by atoms with van der Waals surface area (Å²) in [6.45, 7) is 0. The van der Waals surface area contributed by atoms with Gasteiger partial charge in [-0.25, -0.2) is 0 Å². The first-order chi connectivity index (χ1) is 7.18. The monoisotopic (exact) mass is 315 g/mol. The van der Waals surface area contributed by atoms with Crippen molar-refractivity contribution in [2.24, 2.45) is 0 Å². The summed E-state index contributed by atoms with van der Waals surface area (Å²) >= 11 is 2.11. The predicted molar refractivity (Wildman–Crippen MR) is 63.5 cm³/mol. The van der Waals surface area contributed by atoms with E-state index in [1.807, 2.05) is 0 Å². The molecule has 0 bridgehead atoms. The number of furan rings is 1. The van der Waals surface area contributed by atoms with Gasteiger partial charge in [0.1, 0.15) is 5.76 Å². The molecule has 5 heteroatoms. The molecule has 15 heavy (non-hydrogen) atoms. The molecule has 1 aromatic carbocycles. The van der Waals surface area contributed by atoms with Gasteiger partial charge in [0, 0.05) is 9.64 Å². The molecule has 4 nitrogen and oxygen atoms in total. The van der Waals surface area contributed by atoms with E-state index in [0.717, 1.165) is 3.57 Å². The fourth-order valence-electron chi connectivity index (χ4n) is 1.30. The van der Waals surface area contributed by atoms with E-state index in [2.05, 4.69) is 22.6 Å². The van der Waals surface area contributed by atoms with E-state index < -0.39 is 4.92 Å². The Morgan fingerprint density at radius 1 is 1.33 bits per heavy atom. The largest absolute Gasteiger partial charge is 0.464 e. The quantitative estimate of drug-likeness (QED) is 0.484. The normalized spacial score (nSPS) is 10.2. The van der Waals surface area contributed by atoms with Crippen molar-refractivity contribution in [2.45, 2.75) is 0 Å². The molecule has 1 heterocycles. The van der Waals surface area contributed by atoms with Gasteiger partial charge in [-0.15, -0.1) is 0 Å². The van der Waals surface area contributed by atoms with E-state index in [1.165, 1.54) is 12.3 Å². The molecule has 76 valence electrons.